The van der Waals surface area contributed by atoms with Crippen molar-refractivity contribution in [1.29, 1.82) is 0 Å². The zero-order valence-corrected chi connectivity index (χ0v) is 12.5. The molecule has 0 atom stereocenters. The Labute approximate surface area is 124 Å². The van der Waals surface area contributed by atoms with Crippen molar-refractivity contribution < 1.29 is 9.90 Å². The standard InChI is InChI=1S/C17H20N2O2/c1-3-13-16(19-9-5-4-6-15(19)18-13)17(21)12-7-8-14(20)11(2)10-12/h7-8,10,20H,3-6,9H2,1-2H3. The van der Waals surface area contributed by atoms with Crippen molar-refractivity contribution >= 4 is 5.78 Å². The van der Waals surface area contributed by atoms with E-state index in [0.29, 0.717) is 5.56 Å². The molecular formula is C17H20N2O2. The minimum absolute atomic E-state index is 0.00981. The minimum atomic E-state index is 0.00981. The van der Waals surface area contributed by atoms with Crippen LogP contribution in [0.3, 0.4) is 0 Å². The number of ketones is 1. The highest BCUT2D eigenvalue weighted by Gasteiger charge is 2.24. The Morgan fingerprint density at radius 1 is 1.38 bits per heavy atom. The van der Waals surface area contributed by atoms with E-state index in [1.165, 1.54) is 0 Å². The highest BCUT2D eigenvalue weighted by atomic mass is 16.3. The molecule has 1 N–H and O–H groups in total. The number of hydrogen-bond acceptors (Lipinski definition) is 3. The first kappa shape index (κ1) is 13.9. The molecule has 0 spiro atoms. The van der Waals surface area contributed by atoms with E-state index in [4.69, 9.17) is 0 Å². The van der Waals surface area contributed by atoms with E-state index in [9.17, 15) is 9.90 Å². The van der Waals surface area contributed by atoms with Gasteiger partial charge >= 0.3 is 0 Å². The van der Waals surface area contributed by atoms with Crippen molar-refractivity contribution in [2.24, 2.45) is 0 Å². The molecule has 0 fully saturated rings. The number of benzene rings is 1. The first-order valence-electron chi connectivity index (χ1n) is 7.54. The van der Waals surface area contributed by atoms with Gasteiger partial charge < -0.3 is 9.67 Å². The Balaban J connectivity index is 2.08. The summed E-state index contributed by atoms with van der Waals surface area (Å²) in [4.78, 5) is 17.5. The molecule has 1 aliphatic rings. The number of carbonyl (C=O) groups is 1. The van der Waals surface area contributed by atoms with Gasteiger partial charge in [0.1, 0.15) is 17.3 Å². The molecule has 4 nitrogen and oxygen atoms in total. The number of aromatic nitrogens is 2. The molecule has 0 radical (unpaired) electrons. The molecule has 0 saturated heterocycles. The Morgan fingerprint density at radius 3 is 2.90 bits per heavy atom. The zero-order chi connectivity index (χ0) is 15.0. The molecule has 0 saturated carbocycles. The van der Waals surface area contributed by atoms with E-state index in [2.05, 4.69) is 9.55 Å². The second-order valence-corrected chi connectivity index (χ2v) is 5.62. The summed E-state index contributed by atoms with van der Waals surface area (Å²) in [5.41, 5.74) is 2.96. The number of nitrogens with zero attached hydrogens (tertiary/aromatic N) is 2. The Morgan fingerprint density at radius 2 is 2.19 bits per heavy atom. The lowest BCUT2D eigenvalue weighted by atomic mass is 10.0. The van der Waals surface area contributed by atoms with E-state index < -0.39 is 0 Å². The second-order valence-electron chi connectivity index (χ2n) is 5.62. The average molecular weight is 284 g/mol. The summed E-state index contributed by atoms with van der Waals surface area (Å²) >= 11 is 0. The Bertz CT molecular complexity index is 701. The molecule has 1 aromatic heterocycles. The van der Waals surface area contributed by atoms with Gasteiger partial charge in [-0.2, -0.15) is 0 Å². The normalized spacial score (nSPS) is 14.0. The van der Waals surface area contributed by atoms with Crippen LogP contribution in [-0.4, -0.2) is 20.4 Å². The summed E-state index contributed by atoms with van der Waals surface area (Å²) in [5.74, 6) is 1.27. The average Bonchev–Trinajstić information content (AvgIpc) is 2.87. The number of carbonyl (C=O) groups excluding carboxylic acids is 1. The van der Waals surface area contributed by atoms with Gasteiger partial charge in [-0.1, -0.05) is 6.92 Å². The molecular weight excluding hydrogens is 264 g/mol. The molecule has 0 aliphatic carbocycles. The van der Waals surface area contributed by atoms with Crippen molar-refractivity contribution in [3.63, 3.8) is 0 Å². The van der Waals surface area contributed by atoms with Crippen molar-refractivity contribution in [1.82, 2.24) is 9.55 Å². The van der Waals surface area contributed by atoms with Crippen LogP contribution in [0.15, 0.2) is 18.2 Å². The van der Waals surface area contributed by atoms with Crippen molar-refractivity contribution in [2.75, 3.05) is 0 Å². The van der Waals surface area contributed by atoms with E-state index >= 15 is 0 Å². The number of hydrogen-bond donors (Lipinski definition) is 1. The van der Waals surface area contributed by atoms with Gasteiger partial charge in [0.15, 0.2) is 0 Å². The first-order chi connectivity index (χ1) is 10.1. The summed E-state index contributed by atoms with van der Waals surface area (Å²) in [6.45, 7) is 4.71. The maximum Gasteiger partial charge on any atom is 0.211 e. The number of imidazole rings is 1. The first-order valence-corrected chi connectivity index (χ1v) is 7.54. The van der Waals surface area contributed by atoms with Crippen LogP contribution >= 0.6 is 0 Å². The fourth-order valence-electron chi connectivity index (χ4n) is 2.97. The largest absolute Gasteiger partial charge is 0.508 e. The summed E-state index contributed by atoms with van der Waals surface area (Å²) in [7, 11) is 0. The van der Waals surface area contributed by atoms with Crippen LogP contribution in [-0.2, 0) is 19.4 Å². The van der Waals surface area contributed by atoms with Crippen LogP contribution in [0.2, 0.25) is 0 Å². The van der Waals surface area contributed by atoms with E-state index in [0.717, 1.165) is 55.0 Å². The topological polar surface area (TPSA) is 55.1 Å². The lowest BCUT2D eigenvalue weighted by molar-refractivity contribution is 0.102. The molecule has 21 heavy (non-hydrogen) atoms. The molecule has 1 aliphatic heterocycles. The molecule has 2 heterocycles. The zero-order valence-electron chi connectivity index (χ0n) is 12.5. The van der Waals surface area contributed by atoms with Gasteiger partial charge in [-0.25, -0.2) is 4.98 Å². The second kappa shape index (κ2) is 5.35. The van der Waals surface area contributed by atoms with E-state index in [1.807, 2.05) is 6.92 Å². The van der Waals surface area contributed by atoms with Gasteiger partial charge in [0.05, 0.1) is 5.69 Å². The van der Waals surface area contributed by atoms with Crippen LogP contribution in [0.5, 0.6) is 5.75 Å². The third-order valence-electron chi connectivity index (χ3n) is 4.16. The fourth-order valence-corrected chi connectivity index (χ4v) is 2.97. The van der Waals surface area contributed by atoms with Gasteiger partial charge in [0, 0.05) is 18.5 Å². The van der Waals surface area contributed by atoms with Crippen LogP contribution in [0.25, 0.3) is 0 Å². The molecule has 0 bridgehead atoms. The SMILES string of the molecule is CCc1nc2n(c1C(=O)c1ccc(O)c(C)c1)CCCC2. The monoisotopic (exact) mass is 284 g/mol. The number of phenolic OH excluding ortho intramolecular Hbond substituents is 1. The van der Waals surface area contributed by atoms with E-state index in [1.54, 1.807) is 25.1 Å². The van der Waals surface area contributed by atoms with Crippen LogP contribution in [0, 0.1) is 6.92 Å². The lowest BCUT2D eigenvalue weighted by Gasteiger charge is -2.16. The van der Waals surface area contributed by atoms with Gasteiger partial charge in [-0.05, 0) is 49.9 Å². The smallest absolute Gasteiger partial charge is 0.211 e. The maximum atomic E-state index is 12.9. The molecule has 1 aromatic carbocycles. The maximum absolute atomic E-state index is 12.9. The summed E-state index contributed by atoms with van der Waals surface area (Å²) < 4.78 is 2.09. The van der Waals surface area contributed by atoms with Gasteiger partial charge in [0.2, 0.25) is 5.78 Å². The molecule has 0 amide bonds. The van der Waals surface area contributed by atoms with Gasteiger partial charge in [0.25, 0.3) is 0 Å². The number of fused-ring (bicyclic) bond motifs is 1. The summed E-state index contributed by atoms with van der Waals surface area (Å²) in [5, 5.41) is 9.62. The number of phenols is 1. The highest BCUT2D eigenvalue weighted by Crippen LogP contribution is 2.25. The minimum Gasteiger partial charge on any atom is -0.508 e. The van der Waals surface area contributed by atoms with Crippen LogP contribution in [0.1, 0.15) is 52.9 Å². The molecule has 110 valence electrons. The fraction of sp³-hybridized carbons (Fsp3) is 0.412. The van der Waals surface area contributed by atoms with Gasteiger partial charge in [-0.15, -0.1) is 0 Å². The predicted octanol–water partition coefficient (Wildman–Crippen LogP) is 3.03. The molecule has 4 heteroatoms. The van der Waals surface area contributed by atoms with Crippen molar-refractivity contribution in [2.45, 2.75) is 46.1 Å². The van der Waals surface area contributed by atoms with Crippen LogP contribution < -0.4 is 0 Å². The molecule has 3 rings (SSSR count). The number of aromatic hydroxyl groups is 1. The van der Waals surface area contributed by atoms with Gasteiger partial charge in [-0.3, -0.25) is 4.79 Å². The quantitative estimate of drug-likeness (QED) is 0.881. The molecule has 2 aromatic rings. The third kappa shape index (κ3) is 2.35. The summed E-state index contributed by atoms with van der Waals surface area (Å²) in [6.07, 6.45) is 3.96. The Kier molecular flexibility index (Phi) is 3.53. The van der Waals surface area contributed by atoms with Crippen LogP contribution in [0.4, 0.5) is 0 Å². The van der Waals surface area contributed by atoms with Crippen molar-refractivity contribution in [3.05, 3.63) is 46.5 Å². The third-order valence-corrected chi connectivity index (χ3v) is 4.16. The summed E-state index contributed by atoms with van der Waals surface area (Å²) in [6, 6.07) is 5.02. The predicted molar refractivity (Wildman–Crippen MR) is 80.8 cm³/mol. The number of aryl methyl sites for hydroxylation is 3. The lowest BCUT2D eigenvalue weighted by Crippen LogP contribution is -2.17. The van der Waals surface area contributed by atoms with E-state index in [-0.39, 0.29) is 11.5 Å². The Hall–Kier alpha value is -2.10. The number of rotatable bonds is 3. The molecule has 0 unspecified atom stereocenters. The highest BCUT2D eigenvalue weighted by molar-refractivity contribution is 6.09. The van der Waals surface area contributed by atoms with Crippen molar-refractivity contribution in [3.8, 4) is 5.75 Å².